The van der Waals surface area contributed by atoms with E-state index in [1.165, 1.54) is 0 Å². The number of hydrogen-bond donors (Lipinski definition) is 0. The number of pyridine rings is 1. The van der Waals surface area contributed by atoms with E-state index in [9.17, 15) is 0 Å². The van der Waals surface area contributed by atoms with Gasteiger partial charge in [0.15, 0.2) is 0 Å². The zero-order valence-corrected chi connectivity index (χ0v) is 13.4. The summed E-state index contributed by atoms with van der Waals surface area (Å²) in [6.07, 6.45) is 5.49. The fourth-order valence-electron chi connectivity index (χ4n) is 3.02. The van der Waals surface area contributed by atoms with Gasteiger partial charge in [-0.2, -0.15) is 4.98 Å². The van der Waals surface area contributed by atoms with Crippen molar-refractivity contribution in [1.29, 1.82) is 0 Å². The van der Waals surface area contributed by atoms with Crippen LogP contribution >= 0.6 is 0 Å². The number of nitrogens with zero attached hydrogens (tertiary/aromatic N) is 4. The van der Waals surface area contributed by atoms with E-state index in [4.69, 9.17) is 13.7 Å². The predicted octanol–water partition coefficient (Wildman–Crippen LogP) is 3.07. The summed E-state index contributed by atoms with van der Waals surface area (Å²) in [6.45, 7) is 1.74. The molecule has 0 N–H and O–H groups in total. The molecule has 3 aromatic rings. The Hall–Kier alpha value is -2.67. The Morgan fingerprint density at radius 3 is 3.04 bits per heavy atom. The fraction of sp³-hybridized carbons (Fsp3) is 0.353. The highest BCUT2D eigenvalue weighted by atomic mass is 16.5. The lowest BCUT2D eigenvalue weighted by Gasteiger charge is -2.19. The molecule has 1 aliphatic rings. The molecule has 7 nitrogen and oxygen atoms in total. The van der Waals surface area contributed by atoms with E-state index in [1.807, 2.05) is 18.2 Å². The van der Waals surface area contributed by atoms with E-state index in [-0.39, 0.29) is 6.04 Å². The number of rotatable bonds is 5. The number of aromatic nitrogens is 3. The van der Waals surface area contributed by atoms with Gasteiger partial charge >= 0.3 is 0 Å². The molecule has 0 bridgehead atoms. The van der Waals surface area contributed by atoms with Crippen LogP contribution in [0.5, 0.6) is 5.88 Å². The van der Waals surface area contributed by atoms with Gasteiger partial charge in [0.2, 0.25) is 17.6 Å². The van der Waals surface area contributed by atoms with Crippen molar-refractivity contribution >= 4 is 0 Å². The average molecular weight is 326 g/mol. The third-order valence-corrected chi connectivity index (χ3v) is 4.23. The lowest BCUT2D eigenvalue weighted by atomic mass is 10.2. The molecule has 0 radical (unpaired) electrons. The van der Waals surface area contributed by atoms with Crippen molar-refractivity contribution in [2.45, 2.75) is 25.4 Å². The van der Waals surface area contributed by atoms with Gasteiger partial charge in [-0.25, -0.2) is 4.98 Å². The van der Waals surface area contributed by atoms with Crippen LogP contribution in [0.1, 0.15) is 30.5 Å². The first kappa shape index (κ1) is 14.9. The normalized spacial score (nSPS) is 18.1. The van der Waals surface area contributed by atoms with Crippen molar-refractivity contribution in [1.82, 2.24) is 20.0 Å². The van der Waals surface area contributed by atoms with Gasteiger partial charge < -0.3 is 13.7 Å². The highest BCUT2D eigenvalue weighted by molar-refractivity contribution is 5.53. The first-order chi connectivity index (χ1) is 11.8. The third-order valence-electron chi connectivity index (χ3n) is 4.23. The number of likely N-dealkylation sites (tertiary alicyclic amines) is 1. The molecule has 24 heavy (non-hydrogen) atoms. The van der Waals surface area contributed by atoms with E-state index >= 15 is 0 Å². The van der Waals surface area contributed by atoms with Crippen LogP contribution in [0.25, 0.3) is 11.4 Å². The topological polar surface area (TPSA) is 77.4 Å². The zero-order chi connectivity index (χ0) is 16.4. The Balaban J connectivity index is 1.52. The molecular weight excluding hydrogens is 308 g/mol. The second-order valence-electron chi connectivity index (χ2n) is 5.75. The molecule has 0 aliphatic carbocycles. The molecule has 1 atom stereocenters. The van der Waals surface area contributed by atoms with Gasteiger partial charge in [0, 0.05) is 17.8 Å². The molecule has 4 rings (SSSR count). The SMILES string of the molecule is COc1ccc(-c2noc([C@H]3CCCN3Cc3ccco3)n2)cn1. The maximum Gasteiger partial charge on any atom is 0.244 e. The quantitative estimate of drug-likeness (QED) is 0.713. The Kier molecular flexibility index (Phi) is 4.00. The van der Waals surface area contributed by atoms with E-state index in [0.717, 1.165) is 37.3 Å². The van der Waals surface area contributed by atoms with Gasteiger partial charge in [-0.05, 0) is 37.6 Å². The van der Waals surface area contributed by atoms with Crippen LogP contribution in [0.3, 0.4) is 0 Å². The van der Waals surface area contributed by atoms with Crippen LogP contribution in [-0.4, -0.2) is 33.7 Å². The van der Waals surface area contributed by atoms with E-state index < -0.39 is 0 Å². The summed E-state index contributed by atoms with van der Waals surface area (Å²) >= 11 is 0. The standard InChI is InChI=1S/C17H18N4O3/c1-22-15-7-6-12(10-18-15)16-19-17(24-20-16)14-5-2-8-21(14)11-13-4-3-9-23-13/h3-4,6-7,9-10,14H,2,5,8,11H2,1H3/t14-/m1/s1. The van der Waals surface area contributed by atoms with Crippen LogP contribution in [0.2, 0.25) is 0 Å². The molecule has 0 spiro atoms. The van der Waals surface area contributed by atoms with Crippen molar-refractivity contribution in [3.8, 4) is 17.3 Å². The maximum absolute atomic E-state index is 5.52. The van der Waals surface area contributed by atoms with Gasteiger partial charge in [-0.15, -0.1) is 0 Å². The maximum atomic E-state index is 5.52. The van der Waals surface area contributed by atoms with Gasteiger partial charge in [0.25, 0.3) is 0 Å². The lowest BCUT2D eigenvalue weighted by Crippen LogP contribution is -2.22. The van der Waals surface area contributed by atoms with E-state index in [1.54, 1.807) is 25.6 Å². The number of furan rings is 1. The van der Waals surface area contributed by atoms with Crippen molar-refractivity contribution in [3.63, 3.8) is 0 Å². The molecule has 0 unspecified atom stereocenters. The molecule has 4 heterocycles. The molecule has 0 aromatic carbocycles. The minimum atomic E-state index is 0.127. The molecule has 0 saturated carbocycles. The minimum Gasteiger partial charge on any atom is -0.481 e. The third kappa shape index (κ3) is 2.90. The molecule has 124 valence electrons. The first-order valence-electron chi connectivity index (χ1n) is 7.94. The Bertz CT molecular complexity index is 783. The van der Waals surface area contributed by atoms with Crippen molar-refractivity contribution < 1.29 is 13.7 Å². The summed E-state index contributed by atoms with van der Waals surface area (Å²) in [5.41, 5.74) is 0.807. The first-order valence-corrected chi connectivity index (χ1v) is 7.94. The highest BCUT2D eigenvalue weighted by Gasteiger charge is 2.31. The van der Waals surface area contributed by atoms with Crippen LogP contribution in [0.4, 0.5) is 0 Å². The van der Waals surface area contributed by atoms with E-state index in [0.29, 0.717) is 17.6 Å². The van der Waals surface area contributed by atoms with Crippen molar-refractivity contribution in [3.05, 3.63) is 48.4 Å². The van der Waals surface area contributed by atoms with Crippen LogP contribution < -0.4 is 4.74 Å². The number of methoxy groups -OCH3 is 1. The molecule has 7 heteroatoms. The summed E-state index contributed by atoms with van der Waals surface area (Å²) < 4.78 is 16.0. The van der Waals surface area contributed by atoms with Crippen LogP contribution in [0.15, 0.2) is 45.7 Å². The molecule has 1 saturated heterocycles. The zero-order valence-electron chi connectivity index (χ0n) is 13.4. The molecule has 1 aliphatic heterocycles. The van der Waals surface area contributed by atoms with Gasteiger partial charge in [-0.3, -0.25) is 4.90 Å². The minimum absolute atomic E-state index is 0.127. The Labute approximate surface area is 139 Å². The van der Waals surface area contributed by atoms with E-state index in [2.05, 4.69) is 20.0 Å². The largest absolute Gasteiger partial charge is 0.481 e. The summed E-state index contributed by atoms with van der Waals surface area (Å²) in [6, 6.07) is 7.67. The molecule has 3 aromatic heterocycles. The van der Waals surface area contributed by atoms with Crippen molar-refractivity contribution in [2.24, 2.45) is 0 Å². The predicted molar refractivity (Wildman–Crippen MR) is 85.2 cm³/mol. The molecular formula is C17H18N4O3. The lowest BCUT2D eigenvalue weighted by molar-refractivity contribution is 0.188. The monoisotopic (exact) mass is 326 g/mol. The Morgan fingerprint density at radius 2 is 2.29 bits per heavy atom. The number of hydrogen-bond acceptors (Lipinski definition) is 7. The second-order valence-corrected chi connectivity index (χ2v) is 5.75. The smallest absolute Gasteiger partial charge is 0.244 e. The average Bonchev–Trinajstić information content (AvgIpc) is 3.37. The van der Waals surface area contributed by atoms with Gasteiger partial charge in [-0.1, -0.05) is 5.16 Å². The summed E-state index contributed by atoms with van der Waals surface area (Å²) in [5.74, 6) is 2.69. The van der Waals surface area contributed by atoms with Crippen LogP contribution in [0, 0.1) is 0 Å². The van der Waals surface area contributed by atoms with Crippen molar-refractivity contribution in [2.75, 3.05) is 13.7 Å². The number of ether oxygens (including phenoxy) is 1. The summed E-state index contributed by atoms with van der Waals surface area (Å²) in [5, 5.41) is 4.10. The highest BCUT2D eigenvalue weighted by Crippen LogP contribution is 2.33. The van der Waals surface area contributed by atoms with Crippen LogP contribution in [-0.2, 0) is 6.54 Å². The molecule has 1 fully saturated rings. The summed E-state index contributed by atoms with van der Waals surface area (Å²) in [7, 11) is 1.59. The summed E-state index contributed by atoms with van der Waals surface area (Å²) in [4.78, 5) is 11.1. The van der Waals surface area contributed by atoms with Gasteiger partial charge in [0.05, 0.1) is 26.0 Å². The fourth-order valence-corrected chi connectivity index (χ4v) is 3.02. The Morgan fingerprint density at radius 1 is 1.33 bits per heavy atom. The van der Waals surface area contributed by atoms with Gasteiger partial charge in [0.1, 0.15) is 5.76 Å². The molecule has 0 amide bonds. The second kappa shape index (κ2) is 6.45.